The zero-order valence-corrected chi connectivity index (χ0v) is 27.8. The van der Waals surface area contributed by atoms with Crippen LogP contribution in [0, 0.1) is 46.3 Å². The van der Waals surface area contributed by atoms with Crippen LogP contribution in [0.2, 0.25) is 0 Å². The molecule has 0 aromatic heterocycles. The topological polar surface area (TPSA) is 158 Å². The van der Waals surface area contributed by atoms with Crippen LogP contribution in [0.1, 0.15) is 86.0 Å². The fraction of sp³-hybridized carbons (Fsp3) is 1.00. The Morgan fingerprint density at radius 1 is 0.864 bits per heavy atom. The molecule has 0 spiro atoms. The lowest BCUT2D eigenvalue weighted by atomic mass is 9.41. The summed E-state index contributed by atoms with van der Waals surface area (Å²) in [5, 5.41) is 68.9. The number of aliphatic hydroxyl groups is 6. The molecule has 0 aromatic rings. The van der Waals surface area contributed by atoms with Gasteiger partial charge >= 0.3 is 0 Å². The van der Waals surface area contributed by atoms with Gasteiger partial charge in [-0.2, -0.15) is 0 Å². The molecule has 0 radical (unpaired) electrons. The first-order chi connectivity index (χ1) is 20.6. The van der Waals surface area contributed by atoms with Crippen molar-refractivity contribution >= 4 is 0 Å². The van der Waals surface area contributed by atoms with E-state index < -0.39 is 66.0 Å². The normalized spacial score (nSPS) is 52.2. The molecule has 0 bridgehead atoms. The summed E-state index contributed by atoms with van der Waals surface area (Å²) in [5.74, 6) is -0.386. The summed E-state index contributed by atoms with van der Waals surface area (Å²) >= 11 is 0. The van der Waals surface area contributed by atoms with Crippen LogP contribution < -0.4 is 0 Å². The van der Waals surface area contributed by atoms with Crippen molar-refractivity contribution in [3.63, 3.8) is 0 Å². The van der Waals surface area contributed by atoms with Crippen LogP contribution in [0.4, 0.5) is 0 Å². The standard InChI is InChI=1S/C34H60O10/c1-17(2)20(35)9-8-18(3)19-14-21(36)30-32(19,4)13-11-25-33(5)12-10-23(27(38)26(33)22(37)15-34(25,30)40)44-31-29(42-7)28(39)24(41-6)16-43-31/h17-31,35-40H,8-16H2,1-7H3/t18-,19-,20-,21+,22-,23+,24-,25-,26+,27+,28+,29-,30-,31+,32-,33-,34+/m1/s1. The highest BCUT2D eigenvalue weighted by Crippen LogP contribution is 2.70. The third-order valence-corrected chi connectivity index (χ3v) is 13.4. The first-order valence-electron chi connectivity index (χ1n) is 17.1. The van der Waals surface area contributed by atoms with Gasteiger partial charge in [-0.15, -0.1) is 0 Å². The fourth-order valence-corrected chi connectivity index (χ4v) is 11.1. The Hall–Kier alpha value is -0.400. The second-order valence-corrected chi connectivity index (χ2v) is 16.0. The van der Waals surface area contributed by atoms with Crippen molar-refractivity contribution in [3.05, 3.63) is 0 Å². The molecular weight excluding hydrogens is 568 g/mol. The minimum absolute atomic E-state index is 0.0983. The molecular formula is C34H60O10. The second kappa shape index (κ2) is 12.9. The Morgan fingerprint density at radius 3 is 2.18 bits per heavy atom. The Labute approximate surface area is 263 Å². The van der Waals surface area contributed by atoms with E-state index in [2.05, 4.69) is 20.8 Å². The van der Waals surface area contributed by atoms with Gasteiger partial charge < -0.3 is 49.6 Å². The molecule has 4 aliphatic carbocycles. The van der Waals surface area contributed by atoms with E-state index in [1.54, 1.807) is 0 Å². The summed E-state index contributed by atoms with van der Waals surface area (Å²) in [5.41, 5.74) is -2.11. The van der Waals surface area contributed by atoms with Crippen LogP contribution in [0.3, 0.4) is 0 Å². The Bertz CT molecular complexity index is 982. The zero-order chi connectivity index (χ0) is 32.4. The maximum atomic E-state index is 12.7. The highest BCUT2D eigenvalue weighted by Gasteiger charge is 2.72. The molecule has 10 nitrogen and oxygen atoms in total. The fourth-order valence-electron chi connectivity index (χ4n) is 11.1. The number of hydrogen-bond donors (Lipinski definition) is 6. The van der Waals surface area contributed by atoms with Gasteiger partial charge in [0, 0.05) is 32.5 Å². The van der Waals surface area contributed by atoms with Gasteiger partial charge in [0.15, 0.2) is 6.29 Å². The van der Waals surface area contributed by atoms with E-state index in [0.29, 0.717) is 19.3 Å². The van der Waals surface area contributed by atoms with Crippen molar-refractivity contribution in [2.75, 3.05) is 20.8 Å². The second-order valence-electron chi connectivity index (χ2n) is 16.0. The Balaban J connectivity index is 1.33. The summed E-state index contributed by atoms with van der Waals surface area (Å²) in [4.78, 5) is 0. The molecule has 1 heterocycles. The van der Waals surface area contributed by atoms with Gasteiger partial charge in [0.05, 0.1) is 42.7 Å². The number of fused-ring (bicyclic) bond motifs is 5. The molecule has 5 rings (SSSR count). The summed E-state index contributed by atoms with van der Waals surface area (Å²) < 4.78 is 22.9. The molecule has 5 fully saturated rings. The van der Waals surface area contributed by atoms with Gasteiger partial charge in [0.25, 0.3) is 0 Å². The molecule has 44 heavy (non-hydrogen) atoms. The van der Waals surface area contributed by atoms with Gasteiger partial charge in [-0.25, -0.2) is 0 Å². The number of ether oxygens (including phenoxy) is 4. The minimum atomic E-state index is -1.26. The summed E-state index contributed by atoms with van der Waals surface area (Å²) in [6.45, 7) is 10.7. The number of rotatable bonds is 9. The van der Waals surface area contributed by atoms with E-state index in [0.717, 1.165) is 25.7 Å². The number of hydrogen-bond acceptors (Lipinski definition) is 10. The van der Waals surface area contributed by atoms with E-state index in [1.807, 2.05) is 13.8 Å². The van der Waals surface area contributed by atoms with Crippen molar-refractivity contribution in [2.45, 2.75) is 147 Å². The molecule has 256 valence electrons. The molecule has 10 heteroatoms. The SMILES string of the molecule is CO[C@H]1[C@H](O[C@H]2CC[C@@]3(C)[C@H]([C@H]2O)[C@H](O)C[C@]2(O)[C@@H]3CC[C@]3(C)[C@@H]([C@H](C)CC[C@@H](O)C(C)C)C[C@H](O)[C@H]32)OC[C@@H](OC)[C@@H]1O. The quantitative estimate of drug-likeness (QED) is 0.209. The lowest BCUT2D eigenvalue weighted by molar-refractivity contribution is -0.321. The maximum Gasteiger partial charge on any atom is 0.186 e. The van der Waals surface area contributed by atoms with E-state index in [9.17, 15) is 30.6 Å². The van der Waals surface area contributed by atoms with Crippen LogP contribution in [0.15, 0.2) is 0 Å². The van der Waals surface area contributed by atoms with Gasteiger partial charge in [-0.1, -0.05) is 34.6 Å². The van der Waals surface area contributed by atoms with Crippen LogP contribution in [-0.2, 0) is 18.9 Å². The van der Waals surface area contributed by atoms with Crippen molar-refractivity contribution in [1.82, 2.24) is 0 Å². The van der Waals surface area contributed by atoms with Crippen molar-refractivity contribution in [2.24, 2.45) is 46.3 Å². The molecule has 1 saturated heterocycles. The zero-order valence-electron chi connectivity index (χ0n) is 27.8. The summed E-state index contributed by atoms with van der Waals surface area (Å²) in [6.07, 6.45) is -1.79. The van der Waals surface area contributed by atoms with Crippen LogP contribution in [-0.4, -0.2) is 112 Å². The highest BCUT2D eigenvalue weighted by atomic mass is 16.7. The molecule has 4 saturated carbocycles. The van der Waals surface area contributed by atoms with Crippen LogP contribution in [0.25, 0.3) is 0 Å². The lowest BCUT2D eigenvalue weighted by Gasteiger charge is -2.66. The molecule has 5 aliphatic rings. The third-order valence-electron chi connectivity index (χ3n) is 13.4. The average molecular weight is 629 g/mol. The molecule has 1 aliphatic heterocycles. The lowest BCUT2D eigenvalue weighted by Crippen LogP contribution is -2.71. The first-order valence-corrected chi connectivity index (χ1v) is 17.1. The van der Waals surface area contributed by atoms with E-state index in [1.165, 1.54) is 14.2 Å². The van der Waals surface area contributed by atoms with Gasteiger partial charge in [-0.05, 0) is 79.4 Å². The summed E-state index contributed by atoms with van der Waals surface area (Å²) in [6, 6.07) is 0. The van der Waals surface area contributed by atoms with Crippen molar-refractivity contribution in [3.8, 4) is 0 Å². The third kappa shape index (κ3) is 5.61. The number of aliphatic hydroxyl groups excluding tert-OH is 5. The van der Waals surface area contributed by atoms with E-state index in [-0.39, 0.29) is 54.1 Å². The predicted octanol–water partition coefficient (Wildman–Crippen LogP) is 2.24. The van der Waals surface area contributed by atoms with Crippen molar-refractivity contribution in [1.29, 1.82) is 0 Å². The van der Waals surface area contributed by atoms with Crippen LogP contribution in [0.5, 0.6) is 0 Å². The van der Waals surface area contributed by atoms with Crippen molar-refractivity contribution < 1.29 is 49.6 Å². The monoisotopic (exact) mass is 628 g/mol. The Morgan fingerprint density at radius 2 is 1.55 bits per heavy atom. The molecule has 0 amide bonds. The van der Waals surface area contributed by atoms with Crippen LogP contribution >= 0.6 is 0 Å². The molecule has 0 aromatic carbocycles. The Kier molecular flexibility index (Phi) is 10.2. The smallest absolute Gasteiger partial charge is 0.186 e. The number of methoxy groups -OCH3 is 2. The predicted molar refractivity (Wildman–Crippen MR) is 162 cm³/mol. The molecule has 6 N–H and O–H groups in total. The van der Waals surface area contributed by atoms with Gasteiger partial charge in [-0.3, -0.25) is 0 Å². The minimum Gasteiger partial charge on any atom is -0.393 e. The highest BCUT2D eigenvalue weighted by molar-refractivity contribution is 5.21. The molecule has 17 atom stereocenters. The average Bonchev–Trinajstić information content (AvgIpc) is 3.24. The summed E-state index contributed by atoms with van der Waals surface area (Å²) in [7, 11) is 2.97. The van der Waals surface area contributed by atoms with E-state index in [4.69, 9.17) is 18.9 Å². The maximum absolute atomic E-state index is 12.7. The first kappa shape index (κ1) is 34.9. The largest absolute Gasteiger partial charge is 0.393 e. The van der Waals surface area contributed by atoms with E-state index >= 15 is 0 Å². The van der Waals surface area contributed by atoms with Gasteiger partial charge in [0.2, 0.25) is 0 Å². The van der Waals surface area contributed by atoms with Gasteiger partial charge in [0.1, 0.15) is 18.3 Å². The molecule has 0 unspecified atom stereocenters.